The molecule has 1 heterocycles. The molecule has 1 aromatic heterocycles. The lowest BCUT2D eigenvalue weighted by molar-refractivity contribution is 0.669. The van der Waals surface area contributed by atoms with Crippen LogP contribution in [0.5, 0.6) is 0 Å². The molecule has 262 valence electrons. The number of benzene rings is 10. The fourth-order valence-electron chi connectivity index (χ4n) is 8.76. The van der Waals surface area contributed by atoms with Gasteiger partial charge in [0.05, 0.1) is 11.1 Å². The third-order valence-corrected chi connectivity index (χ3v) is 11.2. The Balaban J connectivity index is 1.20. The fraction of sp³-hybridized carbons (Fsp3) is 0. The summed E-state index contributed by atoms with van der Waals surface area (Å²) in [5, 5.41) is 9.58. The number of anilines is 3. The molecular weight excluding hydrogens is 679 g/mol. The second kappa shape index (κ2) is 13.2. The summed E-state index contributed by atoms with van der Waals surface area (Å²) >= 11 is 0. The van der Waals surface area contributed by atoms with Crippen molar-refractivity contribution in [1.82, 2.24) is 0 Å². The molecule has 0 radical (unpaired) electrons. The van der Waals surface area contributed by atoms with E-state index >= 15 is 0 Å². The number of hydrogen-bond donors (Lipinski definition) is 0. The highest BCUT2D eigenvalue weighted by Gasteiger charge is 2.23. The molecule has 0 atom stereocenters. The Hall–Kier alpha value is -7.42. The minimum Gasteiger partial charge on any atom is -0.456 e. The van der Waals surface area contributed by atoms with Crippen molar-refractivity contribution < 1.29 is 4.42 Å². The molecule has 0 N–H and O–H groups in total. The lowest BCUT2D eigenvalue weighted by atomic mass is 9.85. The lowest BCUT2D eigenvalue weighted by Gasteiger charge is -2.28. The van der Waals surface area contributed by atoms with Gasteiger partial charge >= 0.3 is 0 Å². The fourth-order valence-corrected chi connectivity index (χ4v) is 8.76. The number of fused-ring (bicyclic) bond motifs is 7. The topological polar surface area (TPSA) is 16.4 Å². The first kappa shape index (κ1) is 32.0. The van der Waals surface area contributed by atoms with Gasteiger partial charge in [-0.3, -0.25) is 0 Å². The zero-order valence-corrected chi connectivity index (χ0v) is 30.6. The van der Waals surface area contributed by atoms with Crippen molar-refractivity contribution in [3.05, 3.63) is 212 Å². The van der Waals surface area contributed by atoms with Gasteiger partial charge in [0.1, 0.15) is 11.2 Å². The van der Waals surface area contributed by atoms with Crippen molar-refractivity contribution in [3.63, 3.8) is 0 Å². The molecule has 11 rings (SSSR count). The average Bonchev–Trinajstić information content (AvgIpc) is 3.66. The summed E-state index contributed by atoms with van der Waals surface area (Å²) in [7, 11) is 0. The number of rotatable bonds is 6. The van der Waals surface area contributed by atoms with Crippen LogP contribution in [0.25, 0.3) is 87.6 Å². The van der Waals surface area contributed by atoms with Crippen LogP contribution in [0.4, 0.5) is 17.1 Å². The summed E-state index contributed by atoms with van der Waals surface area (Å²) in [6.07, 6.45) is 0. The molecule has 0 saturated heterocycles. The minimum atomic E-state index is 0.865. The van der Waals surface area contributed by atoms with Crippen molar-refractivity contribution in [3.8, 4) is 33.4 Å². The highest BCUT2D eigenvalue weighted by atomic mass is 16.3. The van der Waals surface area contributed by atoms with Gasteiger partial charge in [-0.2, -0.15) is 0 Å². The summed E-state index contributed by atoms with van der Waals surface area (Å²) in [6.45, 7) is 0. The lowest BCUT2D eigenvalue weighted by Crippen LogP contribution is -2.10. The molecule has 0 aliphatic heterocycles. The van der Waals surface area contributed by atoms with E-state index in [1.165, 1.54) is 65.7 Å². The normalized spacial score (nSPS) is 11.6. The third kappa shape index (κ3) is 5.19. The van der Waals surface area contributed by atoms with Crippen LogP contribution in [0.15, 0.2) is 217 Å². The molecule has 2 heteroatoms. The van der Waals surface area contributed by atoms with Gasteiger partial charge in [0.25, 0.3) is 0 Å². The van der Waals surface area contributed by atoms with Crippen LogP contribution in [0.3, 0.4) is 0 Å². The Labute approximate surface area is 325 Å². The molecule has 0 aliphatic rings. The first-order chi connectivity index (χ1) is 27.8. The van der Waals surface area contributed by atoms with E-state index in [9.17, 15) is 0 Å². The van der Waals surface area contributed by atoms with Crippen LogP contribution >= 0.6 is 0 Å². The van der Waals surface area contributed by atoms with Crippen LogP contribution in [0.2, 0.25) is 0 Å². The predicted molar refractivity (Wildman–Crippen MR) is 237 cm³/mol. The summed E-state index contributed by atoms with van der Waals surface area (Å²) in [4.78, 5) is 2.41. The first-order valence-electron chi connectivity index (χ1n) is 19.2. The molecule has 0 saturated carbocycles. The Bertz CT molecular complexity index is 3230. The third-order valence-electron chi connectivity index (χ3n) is 11.2. The molecule has 0 amide bonds. The SMILES string of the molecule is c1ccc(-c2c(-c3ccccc3)c3cc(N(c4ccc(-c5cccc6ccccc56)cc4)c4cccc5oc6ccccc6c45)ccc3c3ccccc23)cc1. The molecule has 0 spiro atoms. The van der Waals surface area contributed by atoms with Gasteiger partial charge < -0.3 is 9.32 Å². The Morgan fingerprint density at radius 2 is 0.875 bits per heavy atom. The summed E-state index contributed by atoms with van der Waals surface area (Å²) in [5.41, 5.74) is 12.2. The average molecular weight is 714 g/mol. The summed E-state index contributed by atoms with van der Waals surface area (Å²) in [6, 6.07) is 76.5. The van der Waals surface area contributed by atoms with Crippen LogP contribution in [-0.4, -0.2) is 0 Å². The van der Waals surface area contributed by atoms with Crippen molar-refractivity contribution in [1.29, 1.82) is 0 Å². The maximum atomic E-state index is 6.47. The molecule has 0 fully saturated rings. The Morgan fingerprint density at radius 1 is 0.321 bits per heavy atom. The van der Waals surface area contributed by atoms with E-state index in [4.69, 9.17) is 4.42 Å². The van der Waals surface area contributed by atoms with E-state index < -0.39 is 0 Å². The van der Waals surface area contributed by atoms with E-state index in [1.807, 2.05) is 6.07 Å². The quantitative estimate of drug-likeness (QED) is 0.160. The highest BCUT2D eigenvalue weighted by Crippen LogP contribution is 2.48. The molecule has 11 aromatic rings. The first-order valence-corrected chi connectivity index (χ1v) is 19.2. The number of nitrogens with zero attached hydrogens (tertiary/aromatic N) is 1. The van der Waals surface area contributed by atoms with E-state index in [0.717, 1.165) is 39.0 Å². The minimum absolute atomic E-state index is 0.865. The molecule has 0 unspecified atom stereocenters. The maximum absolute atomic E-state index is 6.47. The number of furan rings is 1. The highest BCUT2D eigenvalue weighted by molar-refractivity contribution is 6.22. The van der Waals surface area contributed by atoms with Crippen molar-refractivity contribution >= 4 is 71.3 Å². The molecule has 0 aliphatic carbocycles. The molecular formula is C54H35NO. The summed E-state index contributed by atoms with van der Waals surface area (Å²) in [5.74, 6) is 0. The second-order valence-electron chi connectivity index (χ2n) is 14.4. The van der Waals surface area contributed by atoms with Crippen molar-refractivity contribution in [2.24, 2.45) is 0 Å². The van der Waals surface area contributed by atoms with Gasteiger partial charge in [0.2, 0.25) is 0 Å². The van der Waals surface area contributed by atoms with E-state index in [0.29, 0.717) is 0 Å². The van der Waals surface area contributed by atoms with Gasteiger partial charge in [-0.05, 0) is 108 Å². The maximum Gasteiger partial charge on any atom is 0.137 e. The van der Waals surface area contributed by atoms with Gasteiger partial charge in [-0.25, -0.2) is 0 Å². The standard InChI is InChI=1S/C54H35NO/c1-3-16-38(17-4-1)52-46-23-10-9-22-44(46)45-34-33-41(35-48(45)53(52)39-18-5-2-6-19-39)55(49-26-14-28-51-54(49)47-24-11-12-27-50(47)56-51)40-31-29-37(30-32-40)43-25-13-20-36-15-7-8-21-42(36)43/h1-35H. The number of hydrogen-bond acceptors (Lipinski definition) is 2. The largest absolute Gasteiger partial charge is 0.456 e. The smallest absolute Gasteiger partial charge is 0.137 e. The zero-order chi connectivity index (χ0) is 37.0. The number of para-hydroxylation sites is 1. The van der Waals surface area contributed by atoms with Gasteiger partial charge in [-0.15, -0.1) is 0 Å². The summed E-state index contributed by atoms with van der Waals surface area (Å²) < 4.78 is 6.47. The van der Waals surface area contributed by atoms with Crippen molar-refractivity contribution in [2.75, 3.05) is 4.90 Å². The van der Waals surface area contributed by atoms with Crippen LogP contribution in [-0.2, 0) is 0 Å². The molecule has 10 aromatic carbocycles. The van der Waals surface area contributed by atoms with Crippen LogP contribution in [0, 0.1) is 0 Å². The Kier molecular flexibility index (Phi) is 7.53. The second-order valence-corrected chi connectivity index (χ2v) is 14.4. The van der Waals surface area contributed by atoms with Crippen LogP contribution in [0.1, 0.15) is 0 Å². The monoisotopic (exact) mass is 713 g/mol. The van der Waals surface area contributed by atoms with Crippen molar-refractivity contribution in [2.45, 2.75) is 0 Å². The van der Waals surface area contributed by atoms with E-state index in [2.05, 4.69) is 211 Å². The van der Waals surface area contributed by atoms with Crippen LogP contribution < -0.4 is 4.90 Å². The molecule has 0 bridgehead atoms. The van der Waals surface area contributed by atoms with Gasteiger partial charge in [0.15, 0.2) is 0 Å². The molecule has 2 nitrogen and oxygen atoms in total. The predicted octanol–water partition coefficient (Wildman–Crippen LogP) is 15.5. The van der Waals surface area contributed by atoms with E-state index in [-0.39, 0.29) is 0 Å². The Morgan fingerprint density at radius 3 is 1.64 bits per heavy atom. The zero-order valence-electron chi connectivity index (χ0n) is 30.6. The van der Waals surface area contributed by atoms with Gasteiger partial charge in [0, 0.05) is 16.8 Å². The van der Waals surface area contributed by atoms with Gasteiger partial charge in [-0.1, -0.05) is 170 Å². The van der Waals surface area contributed by atoms with E-state index in [1.54, 1.807) is 0 Å². The molecule has 56 heavy (non-hydrogen) atoms.